The minimum Gasteiger partial charge on any atom is -0.319 e. The van der Waals surface area contributed by atoms with Gasteiger partial charge in [-0.2, -0.15) is 4.31 Å². The fourth-order valence-corrected chi connectivity index (χ4v) is 7.43. The number of nitrogens with one attached hydrogen (secondary N) is 1. The summed E-state index contributed by atoms with van der Waals surface area (Å²) in [6.07, 6.45) is 4.61. The normalized spacial score (nSPS) is 21.0. The van der Waals surface area contributed by atoms with Crippen LogP contribution in [0.1, 0.15) is 37.6 Å². The van der Waals surface area contributed by atoms with E-state index in [1.807, 2.05) is 32.3 Å². The van der Waals surface area contributed by atoms with Crippen molar-refractivity contribution in [3.8, 4) is 10.6 Å². The van der Waals surface area contributed by atoms with Crippen LogP contribution in [-0.2, 0) is 10.0 Å². The second-order valence-electron chi connectivity index (χ2n) is 7.27. The summed E-state index contributed by atoms with van der Waals surface area (Å²) in [7, 11) is -1.44. The van der Waals surface area contributed by atoms with Crippen molar-refractivity contribution in [1.82, 2.24) is 14.6 Å². The Morgan fingerprint density at radius 3 is 2.52 bits per heavy atom. The zero-order valence-electron chi connectivity index (χ0n) is 16.3. The SMILES string of the molecule is CCN(CC1CCC(CNC)CC1)S(=O)(=O)c1ccc(-c2csc(C)n2)s1. The number of hydrogen-bond donors (Lipinski definition) is 1. The summed E-state index contributed by atoms with van der Waals surface area (Å²) in [5.74, 6) is 1.20. The highest BCUT2D eigenvalue weighted by Crippen LogP contribution is 2.34. The average molecular weight is 428 g/mol. The van der Waals surface area contributed by atoms with E-state index in [4.69, 9.17) is 0 Å². The molecule has 0 radical (unpaired) electrons. The highest BCUT2D eigenvalue weighted by atomic mass is 32.2. The lowest BCUT2D eigenvalue weighted by Gasteiger charge is -2.31. The lowest BCUT2D eigenvalue weighted by Crippen LogP contribution is -2.36. The quantitative estimate of drug-likeness (QED) is 0.685. The average Bonchev–Trinajstić information content (AvgIpc) is 3.30. The second kappa shape index (κ2) is 9.13. The lowest BCUT2D eigenvalue weighted by molar-refractivity contribution is 0.235. The minimum absolute atomic E-state index is 0.425. The van der Waals surface area contributed by atoms with Gasteiger partial charge >= 0.3 is 0 Å². The zero-order valence-corrected chi connectivity index (χ0v) is 18.7. The standard InChI is InChI=1S/C19H29N3O2S3/c1-4-22(12-16-7-5-15(6-8-16)11-20-3)27(23,24)19-10-9-18(26-19)17-13-25-14(2)21-17/h9-10,13,15-16,20H,4-8,11-12H2,1-3H3. The summed E-state index contributed by atoms with van der Waals surface area (Å²) in [6, 6.07) is 3.61. The van der Waals surface area contributed by atoms with E-state index in [1.54, 1.807) is 21.7 Å². The molecule has 0 aliphatic heterocycles. The largest absolute Gasteiger partial charge is 0.319 e. The molecule has 0 unspecified atom stereocenters. The Morgan fingerprint density at radius 1 is 1.22 bits per heavy atom. The molecule has 0 saturated heterocycles. The van der Waals surface area contributed by atoms with E-state index in [9.17, 15) is 8.42 Å². The Labute approximate surface area is 170 Å². The molecule has 5 nitrogen and oxygen atoms in total. The van der Waals surface area contributed by atoms with Gasteiger partial charge in [-0.25, -0.2) is 13.4 Å². The molecule has 150 valence electrons. The predicted molar refractivity (Wildman–Crippen MR) is 114 cm³/mol. The summed E-state index contributed by atoms with van der Waals surface area (Å²) in [5, 5.41) is 6.24. The van der Waals surface area contributed by atoms with Gasteiger partial charge in [0.25, 0.3) is 10.0 Å². The molecule has 0 atom stereocenters. The number of aryl methyl sites for hydroxylation is 1. The second-order valence-corrected chi connectivity index (χ2v) is 11.6. The van der Waals surface area contributed by atoms with Gasteiger partial charge in [0.05, 0.1) is 15.6 Å². The fraction of sp³-hybridized carbons (Fsp3) is 0.632. The van der Waals surface area contributed by atoms with E-state index in [0.29, 0.717) is 23.2 Å². The molecule has 2 heterocycles. The van der Waals surface area contributed by atoms with Gasteiger partial charge in [-0.05, 0) is 70.2 Å². The van der Waals surface area contributed by atoms with Crippen LogP contribution in [0.3, 0.4) is 0 Å². The minimum atomic E-state index is -3.44. The number of nitrogens with zero attached hydrogens (tertiary/aromatic N) is 2. The fourth-order valence-electron chi connectivity index (χ4n) is 3.79. The van der Waals surface area contributed by atoms with Crippen molar-refractivity contribution in [3.05, 3.63) is 22.5 Å². The van der Waals surface area contributed by atoms with Gasteiger partial charge in [0.15, 0.2) is 0 Å². The maximum absolute atomic E-state index is 13.2. The first kappa shape index (κ1) is 20.9. The van der Waals surface area contributed by atoms with Gasteiger partial charge < -0.3 is 5.32 Å². The number of rotatable bonds is 8. The van der Waals surface area contributed by atoms with Crippen molar-refractivity contribution in [2.75, 3.05) is 26.7 Å². The van der Waals surface area contributed by atoms with Crippen LogP contribution in [0.5, 0.6) is 0 Å². The third-order valence-electron chi connectivity index (χ3n) is 5.32. The summed E-state index contributed by atoms with van der Waals surface area (Å²) in [4.78, 5) is 5.39. The zero-order chi connectivity index (χ0) is 19.4. The van der Waals surface area contributed by atoms with Crippen LogP contribution in [0.2, 0.25) is 0 Å². The van der Waals surface area contributed by atoms with E-state index in [1.165, 1.54) is 24.2 Å². The van der Waals surface area contributed by atoms with Crippen LogP contribution in [0.4, 0.5) is 0 Å². The molecule has 2 aromatic rings. The first-order valence-electron chi connectivity index (χ1n) is 9.61. The molecule has 0 bridgehead atoms. The van der Waals surface area contributed by atoms with Crippen LogP contribution < -0.4 is 5.32 Å². The molecule has 1 N–H and O–H groups in total. The van der Waals surface area contributed by atoms with Crippen molar-refractivity contribution in [3.63, 3.8) is 0 Å². The molecule has 0 aromatic carbocycles. The number of thiophene rings is 1. The monoisotopic (exact) mass is 427 g/mol. The van der Waals surface area contributed by atoms with Gasteiger partial charge in [-0.15, -0.1) is 22.7 Å². The molecule has 3 rings (SSSR count). The summed E-state index contributed by atoms with van der Waals surface area (Å²) in [5.41, 5.74) is 0.870. The maximum atomic E-state index is 13.2. The van der Waals surface area contributed by atoms with Crippen molar-refractivity contribution in [2.24, 2.45) is 11.8 Å². The molecule has 1 fully saturated rings. The molecule has 27 heavy (non-hydrogen) atoms. The third-order valence-corrected chi connectivity index (χ3v) is 9.61. The summed E-state index contributed by atoms with van der Waals surface area (Å²) >= 11 is 2.91. The van der Waals surface area contributed by atoms with E-state index >= 15 is 0 Å². The molecule has 1 aliphatic carbocycles. The molecule has 0 spiro atoms. The maximum Gasteiger partial charge on any atom is 0.252 e. The molecular formula is C19H29N3O2S3. The number of sulfonamides is 1. The van der Waals surface area contributed by atoms with Crippen LogP contribution in [0.15, 0.2) is 21.7 Å². The first-order chi connectivity index (χ1) is 12.9. The lowest BCUT2D eigenvalue weighted by atomic mass is 9.82. The topological polar surface area (TPSA) is 62.3 Å². The van der Waals surface area contributed by atoms with Crippen LogP contribution in [0.25, 0.3) is 10.6 Å². The van der Waals surface area contributed by atoms with Crippen molar-refractivity contribution >= 4 is 32.7 Å². The van der Waals surface area contributed by atoms with Gasteiger partial charge in [0, 0.05) is 18.5 Å². The van der Waals surface area contributed by atoms with Gasteiger partial charge in [0.2, 0.25) is 0 Å². The van der Waals surface area contributed by atoms with Crippen molar-refractivity contribution in [2.45, 2.75) is 43.7 Å². The number of aromatic nitrogens is 1. The van der Waals surface area contributed by atoms with E-state index in [-0.39, 0.29) is 0 Å². The van der Waals surface area contributed by atoms with Gasteiger partial charge in [0.1, 0.15) is 4.21 Å². The molecule has 2 aromatic heterocycles. The molecule has 1 saturated carbocycles. The Morgan fingerprint density at radius 2 is 1.93 bits per heavy atom. The van der Waals surface area contributed by atoms with E-state index in [0.717, 1.165) is 40.9 Å². The molecular weight excluding hydrogens is 398 g/mol. The number of thiazole rings is 1. The highest BCUT2D eigenvalue weighted by molar-refractivity contribution is 7.91. The summed E-state index contributed by atoms with van der Waals surface area (Å²) in [6.45, 7) is 6.11. The number of hydrogen-bond acceptors (Lipinski definition) is 6. The summed E-state index contributed by atoms with van der Waals surface area (Å²) < 4.78 is 28.4. The van der Waals surface area contributed by atoms with E-state index in [2.05, 4.69) is 10.3 Å². The first-order valence-corrected chi connectivity index (χ1v) is 12.7. The highest BCUT2D eigenvalue weighted by Gasteiger charge is 2.29. The molecule has 1 aliphatic rings. The van der Waals surface area contributed by atoms with E-state index < -0.39 is 10.0 Å². The molecule has 8 heteroatoms. The molecule has 0 amide bonds. The van der Waals surface area contributed by atoms with Crippen LogP contribution >= 0.6 is 22.7 Å². The van der Waals surface area contributed by atoms with Gasteiger partial charge in [-0.1, -0.05) is 6.92 Å². The van der Waals surface area contributed by atoms with Crippen LogP contribution in [0, 0.1) is 18.8 Å². The third kappa shape index (κ3) is 4.98. The van der Waals surface area contributed by atoms with Gasteiger partial charge in [-0.3, -0.25) is 0 Å². The predicted octanol–water partition coefficient (Wildman–Crippen LogP) is 4.22. The van der Waals surface area contributed by atoms with Crippen molar-refractivity contribution in [1.29, 1.82) is 0 Å². The Kier molecular flexibility index (Phi) is 7.08. The Hall–Kier alpha value is -0.800. The smallest absolute Gasteiger partial charge is 0.252 e. The van der Waals surface area contributed by atoms with Crippen molar-refractivity contribution < 1.29 is 8.42 Å². The Bertz CT molecular complexity index is 836. The van der Waals surface area contributed by atoms with Crippen LogP contribution in [-0.4, -0.2) is 44.4 Å². The Balaban J connectivity index is 1.68.